The summed E-state index contributed by atoms with van der Waals surface area (Å²) in [6.45, 7) is 0. The van der Waals surface area contributed by atoms with Gasteiger partial charge < -0.3 is 0 Å². The molecule has 1 unspecified atom stereocenters. The topological polar surface area (TPSA) is 0 Å². The Kier molecular flexibility index (Phi) is 1.31. The smallest absolute Gasteiger partial charge is 0.00869 e. The molecule has 0 N–H and O–H groups in total. The van der Waals surface area contributed by atoms with Gasteiger partial charge in [-0.25, -0.2) is 0 Å². The maximum Gasteiger partial charge on any atom is 0.00869 e. The van der Waals surface area contributed by atoms with Gasteiger partial charge in [0.25, 0.3) is 0 Å². The molecule has 2 saturated carbocycles. The van der Waals surface area contributed by atoms with E-state index in [-0.39, 0.29) is 0 Å². The van der Waals surface area contributed by atoms with Gasteiger partial charge in [-0.1, -0.05) is 30.3 Å². The summed E-state index contributed by atoms with van der Waals surface area (Å²) in [7, 11) is 0. The lowest BCUT2D eigenvalue weighted by Crippen LogP contribution is -1.84. The lowest BCUT2D eigenvalue weighted by atomic mass is 10.1. The number of benzene rings is 1. The summed E-state index contributed by atoms with van der Waals surface area (Å²) < 4.78 is 0. The zero-order valence-electron chi connectivity index (χ0n) is 7.16. The molecule has 0 heterocycles. The van der Waals surface area contributed by atoms with Gasteiger partial charge in [0.1, 0.15) is 0 Å². The van der Waals surface area contributed by atoms with Gasteiger partial charge in [0.05, 0.1) is 0 Å². The Morgan fingerprint density at radius 1 is 1.00 bits per heavy atom. The minimum Gasteiger partial charge on any atom is -0.0622 e. The van der Waals surface area contributed by atoms with Crippen molar-refractivity contribution in [2.45, 2.75) is 19.3 Å². The van der Waals surface area contributed by atoms with Crippen molar-refractivity contribution < 1.29 is 0 Å². The van der Waals surface area contributed by atoms with Crippen molar-refractivity contribution in [3.8, 4) is 0 Å². The zero-order valence-corrected chi connectivity index (χ0v) is 7.16. The SMILES string of the molecule is c1ccc([C]2CC2C2CC2)cc1. The average molecular weight is 157 g/mol. The Bertz CT molecular complexity index is 271. The van der Waals surface area contributed by atoms with Crippen LogP contribution in [0.2, 0.25) is 0 Å². The molecule has 0 heteroatoms. The summed E-state index contributed by atoms with van der Waals surface area (Å²) in [6, 6.07) is 10.9. The molecule has 1 aromatic carbocycles. The van der Waals surface area contributed by atoms with E-state index in [0.29, 0.717) is 0 Å². The number of rotatable bonds is 2. The van der Waals surface area contributed by atoms with Crippen LogP contribution in [0, 0.1) is 17.8 Å². The Hall–Kier alpha value is -0.780. The first-order chi connectivity index (χ1) is 5.95. The van der Waals surface area contributed by atoms with E-state index in [2.05, 4.69) is 30.3 Å². The van der Waals surface area contributed by atoms with Crippen molar-refractivity contribution in [3.63, 3.8) is 0 Å². The third-order valence-corrected chi connectivity index (χ3v) is 3.06. The highest BCUT2D eigenvalue weighted by Crippen LogP contribution is 2.58. The van der Waals surface area contributed by atoms with Gasteiger partial charge in [0, 0.05) is 5.92 Å². The van der Waals surface area contributed by atoms with Gasteiger partial charge in [-0.3, -0.25) is 0 Å². The van der Waals surface area contributed by atoms with Crippen LogP contribution in [-0.2, 0) is 0 Å². The minimum atomic E-state index is 0.979. The Morgan fingerprint density at radius 3 is 2.42 bits per heavy atom. The molecule has 0 bridgehead atoms. The molecule has 1 radical (unpaired) electrons. The van der Waals surface area contributed by atoms with Crippen LogP contribution in [0.25, 0.3) is 0 Å². The van der Waals surface area contributed by atoms with Crippen LogP contribution in [0.3, 0.4) is 0 Å². The maximum absolute atomic E-state index is 2.25. The molecule has 0 saturated heterocycles. The lowest BCUT2D eigenvalue weighted by Gasteiger charge is -1.96. The van der Waals surface area contributed by atoms with Crippen LogP contribution in [0.5, 0.6) is 0 Å². The molecular formula is C12H13. The summed E-state index contributed by atoms with van der Waals surface area (Å²) in [4.78, 5) is 0. The molecule has 2 aliphatic carbocycles. The van der Waals surface area contributed by atoms with Gasteiger partial charge in [-0.2, -0.15) is 0 Å². The molecule has 2 aliphatic rings. The molecule has 3 rings (SSSR count). The molecule has 1 aromatic rings. The summed E-state index contributed by atoms with van der Waals surface area (Å²) in [5.74, 6) is 3.77. The summed E-state index contributed by atoms with van der Waals surface area (Å²) >= 11 is 0. The molecule has 12 heavy (non-hydrogen) atoms. The van der Waals surface area contributed by atoms with Crippen LogP contribution < -0.4 is 0 Å². The van der Waals surface area contributed by atoms with Crippen LogP contribution in [0.1, 0.15) is 24.8 Å². The van der Waals surface area contributed by atoms with Crippen molar-refractivity contribution in [2.24, 2.45) is 11.8 Å². The summed E-state index contributed by atoms with van der Waals surface area (Å²) in [5, 5.41) is 0. The molecule has 0 aliphatic heterocycles. The maximum atomic E-state index is 2.25. The van der Waals surface area contributed by atoms with Crippen molar-refractivity contribution >= 4 is 0 Å². The van der Waals surface area contributed by atoms with Crippen LogP contribution in [0.15, 0.2) is 30.3 Å². The number of hydrogen-bond acceptors (Lipinski definition) is 0. The van der Waals surface area contributed by atoms with E-state index in [0.717, 1.165) is 11.8 Å². The van der Waals surface area contributed by atoms with E-state index in [4.69, 9.17) is 0 Å². The van der Waals surface area contributed by atoms with Crippen LogP contribution in [0.4, 0.5) is 0 Å². The van der Waals surface area contributed by atoms with E-state index in [9.17, 15) is 0 Å². The second kappa shape index (κ2) is 2.35. The van der Waals surface area contributed by atoms with Gasteiger partial charge in [0.15, 0.2) is 0 Å². The average Bonchev–Trinajstić information content (AvgIpc) is 2.99. The highest BCUT2D eigenvalue weighted by atomic mass is 14.5. The first kappa shape index (κ1) is 6.71. The van der Waals surface area contributed by atoms with Crippen molar-refractivity contribution in [2.75, 3.05) is 0 Å². The van der Waals surface area contributed by atoms with Crippen molar-refractivity contribution in [1.82, 2.24) is 0 Å². The predicted octanol–water partition coefficient (Wildman–Crippen LogP) is 3.04. The van der Waals surface area contributed by atoms with Gasteiger partial charge in [0.2, 0.25) is 0 Å². The molecule has 61 valence electrons. The van der Waals surface area contributed by atoms with Gasteiger partial charge in [-0.15, -0.1) is 0 Å². The van der Waals surface area contributed by atoms with Crippen molar-refractivity contribution in [3.05, 3.63) is 41.8 Å². The van der Waals surface area contributed by atoms with Crippen LogP contribution in [-0.4, -0.2) is 0 Å². The normalized spacial score (nSPS) is 28.8. The molecular weight excluding hydrogens is 144 g/mol. The fourth-order valence-corrected chi connectivity index (χ4v) is 2.11. The Morgan fingerprint density at radius 2 is 1.75 bits per heavy atom. The van der Waals surface area contributed by atoms with Crippen molar-refractivity contribution in [1.29, 1.82) is 0 Å². The highest BCUT2D eigenvalue weighted by Gasteiger charge is 2.48. The zero-order chi connectivity index (χ0) is 7.97. The summed E-state index contributed by atoms with van der Waals surface area (Å²) in [6.07, 6.45) is 4.36. The first-order valence-corrected chi connectivity index (χ1v) is 4.86. The second-order valence-corrected chi connectivity index (χ2v) is 4.04. The summed E-state index contributed by atoms with van der Waals surface area (Å²) in [5.41, 5.74) is 1.49. The molecule has 1 atom stereocenters. The van der Waals surface area contributed by atoms with E-state index < -0.39 is 0 Å². The molecule has 2 fully saturated rings. The standard InChI is InChI=1S/C12H13/c1-2-4-9(5-3-1)11-8-12(11)10-6-7-10/h1-5,10,12H,6-8H2. The first-order valence-electron chi connectivity index (χ1n) is 4.86. The van der Waals surface area contributed by atoms with E-state index in [1.54, 1.807) is 5.92 Å². The third-order valence-electron chi connectivity index (χ3n) is 3.06. The van der Waals surface area contributed by atoms with Gasteiger partial charge in [-0.05, 0) is 36.7 Å². The Balaban J connectivity index is 1.76. The highest BCUT2D eigenvalue weighted by molar-refractivity contribution is 5.41. The van der Waals surface area contributed by atoms with Gasteiger partial charge >= 0.3 is 0 Å². The Labute approximate surface area is 73.6 Å². The fraction of sp³-hybridized carbons (Fsp3) is 0.417. The largest absolute Gasteiger partial charge is 0.0622 e. The fourth-order valence-electron chi connectivity index (χ4n) is 2.11. The monoisotopic (exact) mass is 157 g/mol. The molecule has 0 aromatic heterocycles. The molecule has 0 spiro atoms. The lowest BCUT2D eigenvalue weighted by molar-refractivity contribution is 0.728. The molecule has 0 nitrogen and oxygen atoms in total. The van der Waals surface area contributed by atoms with E-state index in [1.807, 2.05) is 0 Å². The predicted molar refractivity (Wildman–Crippen MR) is 49.6 cm³/mol. The van der Waals surface area contributed by atoms with Crippen LogP contribution >= 0.6 is 0 Å². The number of hydrogen-bond donors (Lipinski definition) is 0. The molecule has 0 amide bonds. The van der Waals surface area contributed by atoms with E-state index >= 15 is 0 Å². The third kappa shape index (κ3) is 1.06. The minimum absolute atomic E-state index is 0.979. The quantitative estimate of drug-likeness (QED) is 0.619. The van der Waals surface area contributed by atoms with E-state index in [1.165, 1.54) is 24.8 Å². The second-order valence-electron chi connectivity index (χ2n) is 4.04.